The van der Waals surface area contributed by atoms with Gasteiger partial charge in [-0.2, -0.15) is 0 Å². The highest BCUT2D eigenvalue weighted by Gasteiger charge is 2.67. The van der Waals surface area contributed by atoms with Gasteiger partial charge in [-0.05, 0) is 61.9 Å². The molecule has 2 nitrogen and oxygen atoms in total. The van der Waals surface area contributed by atoms with E-state index in [1.807, 2.05) is 6.07 Å². The molecule has 3 fully saturated rings. The van der Waals surface area contributed by atoms with Gasteiger partial charge in [0.25, 0.3) is 0 Å². The molecule has 0 heterocycles. The Hall–Kier alpha value is -1.09. The van der Waals surface area contributed by atoms with Crippen LogP contribution in [-0.4, -0.2) is 32.6 Å². The van der Waals surface area contributed by atoms with Crippen LogP contribution in [0.2, 0.25) is 0 Å². The molecule has 2 bridgehead atoms. The lowest BCUT2D eigenvalue weighted by molar-refractivity contribution is -0.151. The Morgan fingerprint density at radius 1 is 1.28 bits per heavy atom. The second-order valence-corrected chi connectivity index (χ2v) is 6.40. The zero-order chi connectivity index (χ0) is 13.0. The standard InChI is InChI=1S/C15H20FNO/c1-17(2)10-14-7-15(8-14,9-14)11-4-5-13(18-3)12(16)6-11/h4-6H,7-10H2,1-3H3. The highest BCUT2D eigenvalue weighted by atomic mass is 19.1. The lowest BCUT2D eigenvalue weighted by Crippen LogP contribution is -2.67. The van der Waals surface area contributed by atoms with Gasteiger partial charge in [-0.1, -0.05) is 6.07 Å². The third-order valence-corrected chi connectivity index (χ3v) is 4.56. The van der Waals surface area contributed by atoms with Crippen molar-refractivity contribution in [2.45, 2.75) is 24.7 Å². The van der Waals surface area contributed by atoms with Crippen molar-refractivity contribution in [1.82, 2.24) is 4.90 Å². The van der Waals surface area contributed by atoms with Crippen LogP contribution in [0.5, 0.6) is 5.75 Å². The van der Waals surface area contributed by atoms with Crippen LogP contribution < -0.4 is 4.74 Å². The minimum atomic E-state index is -0.235. The number of rotatable bonds is 4. The fraction of sp³-hybridized carbons (Fsp3) is 0.600. The van der Waals surface area contributed by atoms with Gasteiger partial charge in [0.2, 0.25) is 0 Å². The zero-order valence-corrected chi connectivity index (χ0v) is 11.3. The molecule has 3 heteroatoms. The number of methoxy groups -OCH3 is 1. The fourth-order valence-electron chi connectivity index (χ4n) is 4.14. The van der Waals surface area contributed by atoms with Gasteiger partial charge in [0.15, 0.2) is 11.6 Å². The molecule has 3 saturated carbocycles. The minimum absolute atomic E-state index is 0.235. The Kier molecular flexibility index (Phi) is 2.46. The van der Waals surface area contributed by atoms with Crippen molar-refractivity contribution in [3.05, 3.63) is 29.6 Å². The zero-order valence-electron chi connectivity index (χ0n) is 11.3. The predicted molar refractivity (Wildman–Crippen MR) is 69.5 cm³/mol. The Labute approximate surface area is 108 Å². The summed E-state index contributed by atoms with van der Waals surface area (Å²) in [4.78, 5) is 2.26. The summed E-state index contributed by atoms with van der Waals surface area (Å²) in [7, 11) is 5.76. The summed E-state index contributed by atoms with van der Waals surface area (Å²) in [6.07, 6.45) is 3.64. The Bertz CT molecular complexity index is 464. The van der Waals surface area contributed by atoms with Gasteiger partial charge in [0.05, 0.1) is 7.11 Å². The maximum absolute atomic E-state index is 13.7. The SMILES string of the molecule is COc1ccc(C23CC(CN(C)C)(C2)C3)cc1F. The summed E-state index contributed by atoms with van der Waals surface area (Å²) in [5.41, 5.74) is 1.93. The number of hydrogen-bond donors (Lipinski definition) is 0. The first-order valence-corrected chi connectivity index (χ1v) is 6.47. The van der Waals surface area contributed by atoms with Gasteiger partial charge < -0.3 is 9.64 Å². The number of nitrogens with zero attached hydrogens (tertiary/aromatic N) is 1. The summed E-state index contributed by atoms with van der Waals surface area (Å²) in [5, 5.41) is 0. The number of benzene rings is 1. The summed E-state index contributed by atoms with van der Waals surface area (Å²) in [6.45, 7) is 1.16. The first-order valence-electron chi connectivity index (χ1n) is 6.47. The van der Waals surface area contributed by atoms with Crippen LogP contribution >= 0.6 is 0 Å². The summed E-state index contributed by atoms with van der Waals surface area (Å²) < 4.78 is 18.7. The van der Waals surface area contributed by atoms with E-state index in [4.69, 9.17) is 4.74 Å². The van der Waals surface area contributed by atoms with Crippen LogP contribution in [0.25, 0.3) is 0 Å². The second kappa shape index (κ2) is 3.70. The van der Waals surface area contributed by atoms with Crippen LogP contribution in [0.3, 0.4) is 0 Å². The van der Waals surface area contributed by atoms with Crippen molar-refractivity contribution in [2.24, 2.45) is 5.41 Å². The Morgan fingerprint density at radius 3 is 2.44 bits per heavy atom. The Balaban J connectivity index is 1.74. The molecule has 1 aromatic carbocycles. The molecule has 0 N–H and O–H groups in total. The molecule has 3 aliphatic rings. The van der Waals surface area contributed by atoms with Gasteiger partial charge in [-0.25, -0.2) is 4.39 Å². The van der Waals surface area contributed by atoms with Gasteiger partial charge in [0.1, 0.15) is 0 Å². The number of ether oxygens (including phenoxy) is 1. The first kappa shape index (κ1) is 12.0. The first-order chi connectivity index (χ1) is 8.49. The van der Waals surface area contributed by atoms with Gasteiger partial charge in [0, 0.05) is 6.54 Å². The van der Waals surface area contributed by atoms with Crippen molar-refractivity contribution >= 4 is 0 Å². The van der Waals surface area contributed by atoms with Crippen LogP contribution in [0.1, 0.15) is 24.8 Å². The van der Waals surface area contributed by atoms with E-state index in [0.29, 0.717) is 11.2 Å². The van der Waals surface area contributed by atoms with E-state index in [0.717, 1.165) is 12.1 Å². The third kappa shape index (κ3) is 1.57. The Morgan fingerprint density at radius 2 is 1.94 bits per heavy atom. The lowest BCUT2D eigenvalue weighted by atomic mass is 9.33. The molecule has 0 aromatic heterocycles. The van der Waals surface area contributed by atoms with Crippen LogP contribution in [0.4, 0.5) is 4.39 Å². The molecule has 0 radical (unpaired) electrons. The molecule has 0 amide bonds. The van der Waals surface area contributed by atoms with Crippen molar-refractivity contribution < 1.29 is 9.13 Å². The van der Waals surface area contributed by atoms with E-state index >= 15 is 0 Å². The molecule has 0 aliphatic heterocycles. The van der Waals surface area contributed by atoms with Crippen molar-refractivity contribution in [3.8, 4) is 5.75 Å². The van der Waals surface area contributed by atoms with Crippen molar-refractivity contribution in [3.63, 3.8) is 0 Å². The number of halogens is 1. The monoisotopic (exact) mass is 249 g/mol. The van der Waals surface area contributed by atoms with Gasteiger partial charge in [-0.15, -0.1) is 0 Å². The third-order valence-electron chi connectivity index (χ3n) is 4.56. The van der Waals surface area contributed by atoms with Crippen LogP contribution in [0, 0.1) is 11.2 Å². The molecular formula is C15H20FNO. The van der Waals surface area contributed by atoms with E-state index < -0.39 is 0 Å². The minimum Gasteiger partial charge on any atom is -0.494 e. The highest BCUT2D eigenvalue weighted by molar-refractivity contribution is 5.42. The van der Waals surface area contributed by atoms with Crippen LogP contribution in [-0.2, 0) is 5.41 Å². The quantitative estimate of drug-likeness (QED) is 0.813. The molecule has 4 rings (SSSR count). The molecule has 1 aromatic rings. The molecule has 98 valence electrons. The average Bonchev–Trinajstić information content (AvgIpc) is 2.21. The maximum Gasteiger partial charge on any atom is 0.165 e. The summed E-state index contributed by atoms with van der Waals surface area (Å²) >= 11 is 0. The molecule has 0 atom stereocenters. The van der Waals surface area contributed by atoms with E-state index in [1.165, 1.54) is 26.4 Å². The summed E-state index contributed by atoms with van der Waals surface area (Å²) in [6, 6.07) is 5.45. The van der Waals surface area contributed by atoms with Gasteiger partial charge in [-0.3, -0.25) is 0 Å². The van der Waals surface area contributed by atoms with E-state index in [9.17, 15) is 4.39 Å². The average molecular weight is 249 g/mol. The van der Waals surface area contributed by atoms with Crippen molar-refractivity contribution in [1.29, 1.82) is 0 Å². The smallest absolute Gasteiger partial charge is 0.165 e. The second-order valence-electron chi connectivity index (χ2n) is 6.40. The highest BCUT2D eigenvalue weighted by Crippen LogP contribution is 2.73. The topological polar surface area (TPSA) is 12.5 Å². The van der Waals surface area contributed by atoms with Gasteiger partial charge >= 0.3 is 0 Å². The normalized spacial score (nSPS) is 32.9. The van der Waals surface area contributed by atoms with E-state index in [-0.39, 0.29) is 11.2 Å². The van der Waals surface area contributed by atoms with E-state index in [2.05, 4.69) is 19.0 Å². The molecule has 18 heavy (non-hydrogen) atoms. The van der Waals surface area contributed by atoms with E-state index in [1.54, 1.807) is 12.1 Å². The maximum atomic E-state index is 13.7. The predicted octanol–water partition coefficient (Wildman–Crippen LogP) is 2.82. The molecular weight excluding hydrogens is 229 g/mol. The van der Waals surface area contributed by atoms with Crippen molar-refractivity contribution in [2.75, 3.05) is 27.7 Å². The number of hydrogen-bond acceptors (Lipinski definition) is 2. The van der Waals surface area contributed by atoms with Crippen LogP contribution in [0.15, 0.2) is 18.2 Å². The molecule has 0 spiro atoms. The largest absolute Gasteiger partial charge is 0.494 e. The molecule has 0 unspecified atom stereocenters. The molecule has 3 aliphatic carbocycles. The summed E-state index contributed by atoms with van der Waals surface area (Å²) in [5.74, 6) is 0.106. The lowest BCUT2D eigenvalue weighted by Gasteiger charge is -2.72. The molecule has 0 saturated heterocycles. The fourth-order valence-corrected chi connectivity index (χ4v) is 4.14.